The Kier molecular flexibility index (Phi) is 2.33. The first-order valence-corrected chi connectivity index (χ1v) is 5.25. The van der Waals surface area contributed by atoms with Gasteiger partial charge in [-0.15, -0.1) is 0 Å². The van der Waals surface area contributed by atoms with Gasteiger partial charge in [-0.2, -0.15) is 0 Å². The molecule has 1 aliphatic rings. The summed E-state index contributed by atoms with van der Waals surface area (Å²) in [6.07, 6.45) is 1.76. The van der Waals surface area contributed by atoms with Crippen LogP contribution >= 0.6 is 15.9 Å². The van der Waals surface area contributed by atoms with Crippen LogP contribution in [0.1, 0.15) is 18.4 Å². The zero-order valence-electron chi connectivity index (χ0n) is 7.59. The van der Waals surface area contributed by atoms with Gasteiger partial charge in [0.05, 0.1) is 5.41 Å². The molecule has 74 valence electrons. The highest BCUT2D eigenvalue weighted by Gasteiger charge is 2.51. The molecule has 0 heterocycles. The van der Waals surface area contributed by atoms with Crippen molar-refractivity contribution in [1.29, 1.82) is 0 Å². The molecule has 0 radical (unpaired) electrons. The van der Waals surface area contributed by atoms with Gasteiger partial charge in [0.1, 0.15) is 0 Å². The molecular formula is C10H11BrN2O. The average Bonchev–Trinajstić information content (AvgIpc) is 2.97. The molecule has 0 spiro atoms. The Morgan fingerprint density at radius 3 is 2.71 bits per heavy atom. The van der Waals surface area contributed by atoms with Gasteiger partial charge in [0.15, 0.2) is 0 Å². The lowest BCUT2D eigenvalue weighted by atomic mass is 9.95. The first kappa shape index (κ1) is 9.68. The highest BCUT2D eigenvalue weighted by atomic mass is 79.9. The Morgan fingerprint density at radius 2 is 2.21 bits per heavy atom. The van der Waals surface area contributed by atoms with Crippen LogP contribution in [-0.2, 0) is 10.2 Å². The third-order valence-corrected chi connectivity index (χ3v) is 3.19. The molecule has 3 nitrogen and oxygen atoms in total. The Balaban J connectivity index is 2.35. The van der Waals surface area contributed by atoms with E-state index in [1.54, 1.807) is 0 Å². The van der Waals surface area contributed by atoms with Crippen LogP contribution in [0.25, 0.3) is 0 Å². The van der Waals surface area contributed by atoms with E-state index in [0.29, 0.717) is 0 Å². The summed E-state index contributed by atoms with van der Waals surface area (Å²) in [6.45, 7) is 0. The van der Waals surface area contributed by atoms with E-state index in [1.807, 2.05) is 24.3 Å². The molecule has 1 amide bonds. The van der Waals surface area contributed by atoms with Gasteiger partial charge in [-0.05, 0) is 30.5 Å². The van der Waals surface area contributed by atoms with Crippen molar-refractivity contribution in [1.82, 2.24) is 5.43 Å². The van der Waals surface area contributed by atoms with Crippen LogP contribution in [0.15, 0.2) is 28.7 Å². The smallest absolute Gasteiger partial charge is 0.244 e. The number of nitrogens with two attached hydrogens (primary N) is 1. The predicted octanol–water partition coefficient (Wildman–Crippen LogP) is 1.47. The lowest BCUT2D eigenvalue weighted by Gasteiger charge is -2.13. The molecule has 0 aliphatic heterocycles. The van der Waals surface area contributed by atoms with E-state index in [-0.39, 0.29) is 11.3 Å². The summed E-state index contributed by atoms with van der Waals surface area (Å²) in [7, 11) is 0. The topological polar surface area (TPSA) is 55.1 Å². The van der Waals surface area contributed by atoms with Crippen molar-refractivity contribution in [2.75, 3.05) is 0 Å². The predicted molar refractivity (Wildman–Crippen MR) is 57.4 cm³/mol. The molecule has 1 aromatic carbocycles. The molecular weight excluding hydrogens is 244 g/mol. The second-order valence-electron chi connectivity index (χ2n) is 3.57. The third kappa shape index (κ3) is 1.44. The van der Waals surface area contributed by atoms with Crippen molar-refractivity contribution in [3.05, 3.63) is 34.3 Å². The van der Waals surface area contributed by atoms with Gasteiger partial charge in [-0.1, -0.05) is 28.1 Å². The monoisotopic (exact) mass is 254 g/mol. The number of rotatable bonds is 2. The van der Waals surface area contributed by atoms with E-state index in [4.69, 9.17) is 5.84 Å². The van der Waals surface area contributed by atoms with Crippen LogP contribution in [0.3, 0.4) is 0 Å². The molecule has 4 heteroatoms. The Hall–Kier alpha value is -0.870. The van der Waals surface area contributed by atoms with E-state index in [9.17, 15) is 4.79 Å². The van der Waals surface area contributed by atoms with E-state index in [0.717, 1.165) is 22.9 Å². The second kappa shape index (κ2) is 3.37. The van der Waals surface area contributed by atoms with Gasteiger partial charge in [0, 0.05) is 4.47 Å². The summed E-state index contributed by atoms with van der Waals surface area (Å²) >= 11 is 3.39. The van der Waals surface area contributed by atoms with Gasteiger partial charge in [-0.25, -0.2) is 5.84 Å². The number of nitrogens with one attached hydrogen (secondary N) is 1. The highest BCUT2D eigenvalue weighted by molar-refractivity contribution is 9.10. The molecule has 1 aliphatic carbocycles. The van der Waals surface area contributed by atoms with Crippen LogP contribution < -0.4 is 11.3 Å². The minimum absolute atomic E-state index is 0.0874. The largest absolute Gasteiger partial charge is 0.293 e. The number of amides is 1. The fourth-order valence-corrected chi connectivity index (χ4v) is 2.10. The second-order valence-corrected chi connectivity index (χ2v) is 4.48. The molecule has 3 N–H and O–H groups in total. The summed E-state index contributed by atoms with van der Waals surface area (Å²) in [6, 6.07) is 7.82. The van der Waals surface area contributed by atoms with Crippen LogP contribution in [0, 0.1) is 0 Å². The first-order valence-electron chi connectivity index (χ1n) is 4.46. The SMILES string of the molecule is NNC(=O)C1(c2cccc(Br)c2)CC1. The van der Waals surface area contributed by atoms with E-state index >= 15 is 0 Å². The van der Waals surface area contributed by atoms with Crippen molar-refractivity contribution in [3.8, 4) is 0 Å². The molecule has 14 heavy (non-hydrogen) atoms. The van der Waals surface area contributed by atoms with Gasteiger partial charge in [-0.3, -0.25) is 10.2 Å². The number of benzene rings is 1. The number of carbonyl (C=O) groups is 1. The van der Waals surface area contributed by atoms with Gasteiger partial charge in [0.25, 0.3) is 0 Å². The van der Waals surface area contributed by atoms with Crippen LogP contribution in [-0.4, -0.2) is 5.91 Å². The van der Waals surface area contributed by atoms with Crippen molar-refractivity contribution in [2.24, 2.45) is 5.84 Å². The maximum Gasteiger partial charge on any atom is 0.244 e. The van der Waals surface area contributed by atoms with Crippen molar-refractivity contribution >= 4 is 21.8 Å². The van der Waals surface area contributed by atoms with Crippen molar-refractivity contribution < 1.29 is 4.79 Å². The fourth-order valence-electron chi connectivity index (χ4n) is 1.70. The van der Waals surface area contributed by atoms with Gasteiger partial charge < -0.3 is 0 Å². The van der Waals surface area contributed by atoms with Crippen molar-refractivity contribution in [2.45, 2.75) is 18.3 Å². The quantitative estimate of drug-likeness (QED) is 0.477. The van der Waals surface area contributed by atoms with Crippen LogP contribution in [0.4, 0.5) is 0 Å². The standard InChI is InChI=1S/C10H11BrN2O/c11-8-3-1-2-7(6-8)10(4-5-10)9(14)13-12/h1-3,6H,4-5,12H2,(H,13,14). The molecule has 1 fully saturated rings. The number of hydrazine groups is 1. The molecule has 0 saturated heterocycles. The van der Waals surface area contributed by atoms with Crippen LogP contribution in [0.5, 0.6) is 0 Å². The van der Waals surface area contributed by atoms with E-state index < -0.39 is 0 Å². The Labute approximate surface area is 90.8 Å². The fraction of sp³-hybridized carbons (Fsp3) is 0.300. The van der Waals surface area contributed by atoms with Gasteiger partial charge in [0.2, 0.25) is 5.91 Å². The zero-order chi connectivity index (χ0) is 10.2. The molecule has 1 saturated carbocycles. The molecule has 0 atom stereocenters. The van der Waals surface area contributed by atoms with Crippen LogP contribution in [0.2, 0.25) is 0 Å². The third-order valence-electron chi connectivity index (χ3n) is 2.69. The number of carbonyl (C=O) groups excluding carboxylic acids is 1. The van der Waals surface area contributed by atoms with E-state index in [1.165, 1.54) is 0 Å². The number of hydrogen-bond acceptors (Lipinski definition) is 2. The van der Waals surface area contributed by atoms with Gasteiger partial charge >= 0.3 is 0 Å². The molecule has 0 unspecified atom stereocenters. The first-order chi connectivity index (χ1) is 6.69. The Morgan fingerprint density at radius 1 is 1.50 bits per heavy atom. The number of halogens is 1. The highest BCUT2D eigenvalue weighted by Crippen LogP contribution is 2.48. The average molecular weight is 255 g/mol. The lowest BCUT2D eigenvalue weighted by molar-refractivity contribution is -0.123. The zero-order valence-corrected chi connectivity index (χ0v) is 9.17. The molecule has 0 aromatic heterocycles. The maximum absolute atomic E-state index is 11.6. The maximum atomic E-state index is 11.6. The number of hydrogen-bond donors (Lipinski definition) is 2. The minimum Gasteiger partial charge on any atom is -0.293 e. The normalized spacial score (nSPS) is 17.6. The molecule has 2 rings (SSSR count). The lowest BCUT2D eigenvalue weighted by Crippen LogP contribution is -2.39. The minimum atomic E-state index is -0.363. The summed E-state index contributed by atoms with van der Waals surface area (Å²) in [5.74, 6) is 5.07. The summed E-state index contributed by atoms with van der Waals surface area (Å²) in [5.41, 5.74) is 2.91. The van der Waals surface area contributed by atoms with E-state index in [2.05, 4.69) is 21.4 Å². The summed E-state index contributed by atoms with van der Waals surface area (Å²) < 4.78 is 0.992. The van der Waals surface area contributed by atoms with Crippen molar-refractivity contribution in [3.63, 3.8) is 0 Å². The molecule has 1 aromatic rings. The molecule has 0 bridgehead atoms. The summed E-state index contributed by atoms with van der Waals surface area (Å²) in [4.78, 5) is 11.6. The Bertz CT molecular complexity index is 374. The summed E-state index contributed by atoms with van der Waals surface area (Å²) in [5, 5.41) is 0.